The molecule has 0 fully saturated rings. The van der Waals surface area contributed by atoms with Crippen LogP contribution in [0.4, 0.5) is 0 Å². The number of hydrogen-bond donors (Lipinski definition) is 0. The molecule has 2 rings (SSSR count). The Hall–Kier alpha value is -0.800. The first-order valence-corrected chi connectivity index (χ1v) is 7.60. The van der Waals surface area contributed by atoms with Crippen LogP contribution in [0.3, 0.4) is 0 Å². The van der Waals surface area contributed by atoms with Crippen LogP contribution in [0.1, 0.15) is 16.7 Å². The fraction of sp³-hybridized carbons (Fsp3) is 0.200. The van der Waals surface area contributed by atoms with Crippen LogP contribution in [0, 0.1) is 13.8 Å². The van der Waals surface area contributed by atoms with Crippen LogP contribution in [0.15, 0.2) is 40.9 Å². The van der Waals surface area contributed by atoms with E-state index in [1.807, 2.05) is 24.3 Å². The molecule has 0 saturated heterocycles. The van der Waals surface area contributed by atoms with Crippen LogP contribution in [-0.4, -0.2) is 0 Å². The topological polar surface area (TPSA) is 9.23 Å². The van der Waals surface area contributed by atoms with Gasteiger partial charge in [0.1, 0.15) is 11.5 Å². The van der Waals surface area contributed by atoms with E-state index in [4.69, 9.17) is 4.74 Å². The standard InChI is InChI=1S/C15H14Br2O/c1-10-5-11(2)7-14(6-10)18-15-4-3-13(17)8-12(15)9-16/h3-8H,9H2,1-2H3. The van der Waals surface area contributed by atoms with Crippen LogP contribution in [0.25, 0.3) is 0 Å². The van der Waals surface area contributed by atoms with E-state index in [9.17, 15) is 0 Å². The molecular weight excluding hydrogens is 356 g/mol. The van der Waals surface area contributed by atoms with Gasteiger partial charge in [0.25, 0.3) is 0 Å². The average molecular weight is 370 g/mol. The van der Waals surface area contributed by atoms with Crippen molar-refractivity contribution in [1.82, 2.24) is 0 Å². The molecule has 94 valence electrons. The van der Waals surface area contributed by atoms with E-state index in [2.05, 4.69) is 57.8 Å². The number of rotatable bonds is 3. The molecule has 0 aliphatic carbocycles. The van der Waals surface area contributed by atoms with Gasteiger partial charge in [0, 0.05) is 15.4 Å². The minimum absolute atomic E-state index is 0.770. The van der Waals surface area contributed by atoms with E-state index in [-0.39, 0.29) is 0 Å². The van der Waals surface area contributed by atoms with E-state index < -0.39 is 0 Å². The molecule has 0 heterocycles. The van der Waals surface area contributed by atoms with E-state index in [0.717, 1.165) is 26.9 Å². The fourth-order valence-electron chi connectivity index (χ4n) is 1.87. The second kappa shape index (κ2) is 5.89. The van der Waals surface area contributed by atoms with Gasteiger partial charge in [0.2, 0.25) is 0 Å². The Balaban J connectivity index is 2.33. The van der Waals surface area contributed by atoms with Gasteiger partial charge in [-0.1, -0.05) is 37.9 Å². The lowest BCUT2D eigenvalue weighted by Crippen LogP contribution is -1.91. The fourth-order valence-corrected chi connectivity index (χ4v) is 2.72. The predicted molar refractivity (Wildman–Crippen MR) is 82.8 cm³/mol. The third-order valence-corrected chi connectivity index (χ3v) is 3.69. The highest BCUT2D eigenvalue weighted by Crippen LogP contribution is 2.30. The maximum absolute atomic E-state index is 5.97. The van der Waals surface area contributed by atoms with Crippen LogP contribution >= 0.6 is 31.9 Å². The third-order valence-electron chi connectivity index (χ3n) is 2.59. The average Bonchev–Trinajstić information content (AvgIpc) is 2.30. The zero-order valence-corrected chi connectivity index (χ0v) is 13.5. The number of ether oxygens (including phenoxy) is 1. The Morgan fingerprint density at radius 3 is 2.28 bits per heavy atom. The molecule has 0 saturated carbocycles. The third kappa shape index (κ3) is 3.36. The van der Waals surface area contributed by atoms with Crippen molar-refractivity contribution in [2.45, 2.75) is 19.2 Å². The first-order valence-electron chi connectivity index (χ1n) is 5.69. The summed E-state index contributed by atoms with van der Waals surface area (Å²) in [5, 5.41) is 0.770. The smallest absolute Gasteiger partial charge is 0.131 e. The molecule has 0 radical (unpaired) electrons. The molecular formula is C15H14Br2O. The van der Waals surface area contributed by atoms with Gasteiger partial charge in [-0.05, 0) is 55.3 Å². The molecule has 0 aliphatic rings. The van der Waals surface area contributed by atoms with Gasteiger partial charge in [-0.2, -0.15) is 0 Å². The molecule has 0 spiro atoms. The summed E-state index contributed by atoms with van der Waals surface area (Å²) in [4.78, 5) is 0. The number of alkyl halides is 1. The second-order valence-corrected chi connectivity index (χ2v) is 5.79. The quantitative estimate of drug-likeness (QED) is 0.625. The van der Waals surface area contributed by atoms with Crippen molar-refractivity contribution in [1.29, 1.82) is 0 Å². The summed E-state index contributed by atoms with van der Waals surface area (Å²) in [6.07, 6.45) is 0. The molecule has 2 aromatic carbocycles. The minimum atomic E-state index is 0.770. The highest BCUT2D eigenvalue weighted by atomic mass is 79.9. The molecule has 0 aromatic heterocycles. The van der Waals surface area contributed by atoms with E-state index >= 15 is 0 Å². The molecule has 2 aromatic rings. The SMILES string of the molecule is Cc1cc(C)cc(Oc2ccc(Br)cc2CBr)c1. The number of hydrogen-bond acceptors (Lipinski definition) is 1. The summed E-state index contributed by atoms with van der Waals surface area (Å²) < 4.78 is 7.03. The van der Waals surface area contributed by atoms with Crippen molar-refractivity contribution in [3.05, 3.63) is 57.6 Å². The molecule has 0 amide bonds. The van der Waals surface area contributed by atoms with Gasteiger partial charge in [0.05, 0.1) is 0 Å². The molecule has 0 atom stereocenters. The highest BCUT2D eigenvalue weighted by Gasteiger charge is 2.05. The zero-order valence-electron chi connectivity index (χ0n) is 10.3. The summed E-state index contributed by atoms with van der Waals surface area (Å²) in [6, 6.07) is 12.3. The maximum atomic E-state index is 5.97. The van der Waals surface area contributed by atoms with E-state index in [0.29, 0.717) is 0 Å². The zero-order chi connectivity index (χ0) is 13.1. The first-order chi connectivity index (χ1) is 8.58. The van der Waals surface area contributed by atoms with Crippen LogP contribution in [-0.2, 0) is 5.33 Å². The van der Waals surface area contributed by atoms with Crippen molar-refractivity contribution in [3.63, 3.8) is 0 Å². The van der Waals surface area contributed by atoms with Crippen LogP contribution in [0.5, 0.6) is 11.5 Å². The maximum Gasteiger partial charge on any atom is 0.131 e. The second-order valence-electron chi connectivity index (χ2n) is 4.31. The number of halogens is 2. The Morgan fingerprint density at radius 1 is 1.00 bits per heavy atom. The summed E-state index contributed by atoms with van der Waals surface area (Å²) >= 11 is 6.95. The lowest BCUT2D eigenvalue weighted by atomic mass is 10.1. The van der Waals surface area contributed by atoms with Crippen LogP contribution < -0.4 is 4.74 Å². The van der Waals surface area contributed by atoms with Gasteiger partial charge in [-0.25, -0.2) is 0 Å². The van der Waals surface area contributed by atoms with E-state index in [1.54, 1.807) is 0 Å². The molecule has 3 heteroatoms. The number of benzene rings is 2. The predicted octanol–water partition coefficient (Wildman–Crippen LogP) is 5.75. The molecule has 0 bridgehead atoms. The van der Waals surface area contributed by atoms with Crippen molar-refractivity contribution in [2.24, 2.45) is 0 Å². The van der Waals surface area contributed by atoms with Gasteiger partial charge in [0.15, 0.2) is 0 Å². The summed E-state index contributed by atoms with van der Waals surface area (Å²) in [5.41, 5.74) is 3.55. The number of aryl methyl sites for hydroxylation is 2. The van der Waals surface area contributed by atoms with Gasteiger partial charge >= 0.3 is 0 Å². The summed E-state index contributed by atoms with van der Waals surface area (Å²) in [7, 11) is 0. The monoisotopic (exact) mass is 368 g/mol. The van der Waals surface area contributed by atoms with E-state index in [1.165, 1.54) is 11.1 Å². The van der Waals surface area contributed by atoms with Gasteiger partial charge < -0.3 is 4.74 Å². The molecule has 18 heavy (non-hydrogen) atoms. The largest absolute Gasteiger partial charge is 0.457 e. The molecule has 0 unspecified atom stereocenters. The highest BCUT2D eigenvalue weighted by molar-refractivity contribution is 9.10. The van der Waals surface area contributed by atoms with Gasteiger partial charge in [-0.3, -0.25) is 0 Å². The normalized spacial score (nSPS) is 10.4. The molecule has 1 nitrogen and oxygen atoms in total. The molecule has 0 aliphatic heterocycles. The van der Waals surface area contributed by atoms with Crippen molar-refractivity contribution < 1.29 is 4.74 Å². The Bertz CT molecular complexity index is 544. The summed E-state index contributed by atoms with van der Waals surface area (Å²) in [6.45, 7) is 4.15. The Labute approximate surface area is 124 Å². The van der Waals surface area contributed by atoms with Crippen molar-refractivity contribution in [3.8, 4) is 11.5 Å². The first kappa shape index (κ1) is 13.6. The van der Waals surface area contributed by atoms with Crippen LogP contribution in [0.2, 0.25) is 0 Å². The molecule has 0 N–H and O–H groups in total. The summed E-state index contributed by atoms with van der Waals surface area (Å²) in [5.74, 6) is 1.78. The Morgan fingerprint density at radius 2 is 1.67 bits per heavy atom. The lowest BCUT2D eigenvalue weighted by molar-refractivity contribution is 0.477. The minimum Gasteiger partial charge on any atom is -0.457 e. The lowest BCUT2D eigenvalue weighted by Gasteiger charge is -2.11. The Kier molecular flexibility index (Phi) is 4.46. The van der Waals surface area contributed by atoms with Crippen molar-refractivity contribution in [2.75, 3.05) is 0 Å². The van der Waals surface area contributed by atoms with Crippen molar-refractivity contribution >= 4 is 31.9 Å². The van der Waals surface area contributed by atoms with Gasteiger partial charge in [-0.15, -0.1) is 0 Å².